The third-order valence-corrected chi connectivity index (χ3v) is 3.58. The Kier molecular flexibility index (Phi) is 4.87. The Morgan fingerprint density at radius 1 is 1.43 bits per heavy atom. The normalized spacial score (nSPS) is 10.9. The van der Waals surface area contributed by atoms with Crippen molar-refractivity contribution in [3.63, 3.8) is 0 Å². The second-order valence-corrected chi connectivity index (χ2v) is 6.04. The molecule has 1 N–H and O–H groups in total. The van der Waals surface area contributed by atoms with Gasteiger partial charge in [0.1, 0.15) is 5.69 Å². The van der Waals surface area contributed by atoms with Crippen molar-refractivity contribution in [1.82, 2.24) is 13.8 Å². The van der Waals surface area contributed by atoms with E-state index in [9.17, 15) is 9.59 Å². The molecule has 0 saturated heterocycles. The summed E-state index contributed by atoms with van der Waals surface area (Å²) >= 11 is 1.29. The van der Waals surface area contributed by atoms with Crippen molar-refractivity contribution in [3.8, 4) is 0 Å². The van der Waals surface area contributed by atoms with E-state index in [1.54, 1.807) is 22.9 Å². The maximum absolute atomic E-state index is 12.0. The molecular weight excluding hydrogens is 288 g/mol. The van der Waals surface area contributed by atoms with E-state index < -0.39 is 0 Å². The summed E-state index contributed by atoms with van der Waals surface area (Å²) in [5, 5.41) is 2.76. The van der Waals surface area contributed by atoms with Gasteiger partial charge >= 0.3 is 0 Å². The summed E-state index contributed by atoms with van der Waals surface area (Å²) in [6, 6.07) is 4.80. The number of rotatable bonds is 5. The molecule has 2 rings (SSSR count). The Balaban J connectivity index is 2.11. The summed E-state index contributed by atoms with van der Waals surface area (Å²) in [4.78, 5) is 26.8. The van der Waals surface area contributed by atoms with Gasteiger partial charge in [0.15, 0.2) is 0 Å². The lowest BCUT2D eigenvalue weighted by Gasteiger charge is -2.12. The predicted octanol–water partition coefficient (Wildman–Crippen LogP) is 1.43. The fourth-order valence-electron chi connectivity index (χ4n) is 1.76. The van der Waals surface area contributed by atoms with Crippen LogP contribution in [0.3, 0.4) is 0 Å². The van der Waals surface area contributed by atoms with Gasteiger partial charge in [0, 0.05) is 30.2 Å². The zero-order chi connectivity index (χ0) is 15.4. The summed E-state index contributed by atoms with van der Waals surface area (Å²) in [5.41, 5.74) is 0.895. The van der Waals surface area contributed by atoms with E-state index in [1.807, 2.05) is 25.9 Å². The standard InChI is InChI=1S/C14H18N4O2S/c1-10-8-12(16-21-10)14(20)15-11-4-5-13(19)18(9-11)7-6-17(2)3/h4-5,8-9H,6-7H2,1-3H3,(H,15,20). The van der Waals surface area contributed by atoms with Crippen molar-refractivity contribution in [2.75, 3.05) is 26.0 Å². The van der Waals surface area contributed by atoms with Crippen LogP contribution in [0.4, 0.5) is 5.69 Å². The second-order valence-electron chi connectivity index (χ2n) is 5.03. The molecule has 2 heterocycles. The minimum atomic E-state index is -0.267. The van der Waals surface area contributed by atoms with Crippen LogP contribution < -0.4 is 10.9 Å². The average molecular weight is 306 g/mol. The van der Waals surface area contributed by atoms with Gasteiger partial charge in [0.2, 0.25) is 0 Å². The van der Waals surface area contributed by atoms with Gasteiger partial charge in [-0.05, 0) is 44.7 Å². The highest BCUT2D eigenvalue weighted by Gasteiger charge is 2.10. The molecule has 112 valence electrons. The minimum absolute atomic E-state index is 0.0839. The molecule has 0 bridgehead atoms. The second kappa shape index (κ2) is 6.64. The number of nitrogens with one attached hydrogen (secondary N) is 1. The van der Waals surface area contributed by atoms with E-state index in [0.717, 1.165) is 11.4 Å². The number of anilines is 1. The Morgan fingerprint density at radius 3 is 2.81 bits per heavy atom. The third kappa shape index (κ3) is 4.24. The number of nitrogens with zero attached hydrogens (tertiary/aromatic N) is 3. The molecule has 0 spiro atoms. The molecule has 21 heavy (non-hydrogen) atoms. The molecule has 0 aromatic carbocycles. The summed E-state index contributed by atoms with van der Waals surface area (Å²) < 4.78 is 5.65. The summed E-state index contributed by atoms with van der Waals surface area (Å²) in [7, 11) is 3.89. The monoisotopic (exact) mass is 306 g/mol. The van der Waals surface area contributed by atoms with Crippen LogP contribution >= 0.6 is 11.5 Å². The van der Waals surface area contributed by atoms with Gasteiger partial charge in [-0.3, -0.25) is 9.59 Å². The number of carbonyl (C=O) groups is 1. The van der Waals surface area contributed by atoms with Crippen molar-refractivity contribution in [3.05, 3.63) is 45.3 Å². The summed E-state index contributed by atoms with van der Waals surface area (Å²) in [5.74, 6) is -0.267. The van der Waals surface area contributed by atoms with Gasteiger partial charge < -0.3 is 14.8 Å². The van der Waals surface area contributed by atoms with E-state index >= 15 is 0 Å². The van der Waals surface area contributed by atoms with Crippen molar-refractivity contribution < 1.29 is 4.79 Å². The highest BCUT2D eigenvalue weighted by Crippen LogP contribution is 2.11. The topological polar surface area (TPSA) is 67.2 Å². The molecule has 0 aliphatic rings. The van der Waals surface area contributed by atoms with Crippen molar-refractivity contribution in [2.24, 2.45) is 0 Å². The van der Waals surface area contributed by atoms with Gasteiger partial charge in [-0.15, -0.1) is 0 Å². The van der Waals surface area contributed by atoms with Crippen molar-refractivity contribution in [2.45, 2.75) is 13.5 Å². The zero-order valence-electron chi connectivity index (χ0n) is 12.3. The molecule has 0 aliphatic carbocycles. The van der Waals surface area contributed by atoms with Crippen LogP contribution in [0, 0.1) is 6.92 Å². The smallest absolute Gasteiger partial charge is 0.275 e. The quantitative estimate of drug-likeness (QED) is 0.907. The molecule has 1 amide bonds. The predicted molar refractivity (Wildman–Crippen MR) is 84.1 cm³/mol. The first-order chi connectivity index (χ1) is 9.95. The lowest BCUT2D eigenvalue weighted by atomic mass is 10.3. The number of aryl methyl sites for hydroxylation is 1. The van der Waals surface area contributed by atoms with Crippen LogP contribution in [0.5, 0.6) is 0 Å². The van der Waals surface area contributed by atoms with Gasteiger partial charge in [0.05, 0.1) is 5.69 Å². The van der Waals surface area contributed by atoms with E-state index in [1.165, 1.54) is 17.6 Å². The largest absolute Gasteiger partial charge is 0.319 e. The lowest BCUT2D eigenvalue weighted by Crippen LogP contribution is -2.26. The van der Waals surface area contributed by atoms with Crippen LogP contribution in [0.25, 0.3) is 0 Å². The molecule has 6 nitrogen and oxygen atoms in total. The zero-order valence-corrected chi connectivity index (χ0v) is 13.1. The Morgan fingerprint density at radius 2 is 2.19 bits per heavy atom. The maximum atomic E-state index is 12.0. The van der Waals surface area contributed by atoms with Crippen LogP contribution in [-0.4, -0.2) is 40.4 Å². The van der Waals surface area contributed by atoms with Gasteiger partial charge in [-0.1, -0.05) is 0 Å². The Bertz CT molecular complexity index is 690. The number of carbonyl (C=O) groups excluding carboxylic acids is 1. The van der Waals surface area contributed by atoms with Crippen LogP contribution in [0.1, 0.15) is 15.4 Å². The SMILES string of the molecule is Cc1cc(C(=O)Nc2ccc(=O)n(CCN(C)C)c2)ns1. The molecule has 2 aromatic heterocycles. The molecule has 0 aliphatic heterocycles. The average Bonchev–Trinajstić information content (AvgIpc) is 2.86. The highest BCUT2D eigenvalue weighted by molar-refractivity contribution is 7.05. The number of amides is 1. The fraction of sp³-hybridized carbons (Fsp3) is 0.357. The molecular formula is C14H18N4O2S. The number of hydrogen-bond donors (Lipinski definition) is 1. The molecule has 0 fully saturated rings. The molecule has 0 atom stereocenters. The Hall–Kier alpha value is -1.99. The molecule has 0 unspecified atom stereocenters. The van der Waals surface area contributed by atoms with Crippen molar-refractivity contribution in [1.29, 1.82) is 0 Å². The number of likely N-dealkylation sites (N-methyl/N-ethyl adjacent to an activating group) is 1. The van der Waals surface area contributed by atoms with E-state index in [4.69, 9.17) is 0 Å². The van der Waals surface area contributed by atoms with E-state index in [0.29, 0.717) is 17.9 Å². The minimum Gasteiger partial charge on any atom is -0.319 e. The van der Waals surface area contributed by atoms with Crippen molar-refractivity contribution >= 4 is 23.1 Å². The first-order valence-corrected chi connectivity index (χ1v) is 7.33. The molecule has 7 heteroatoms. The van der Waals surface area contributed by atoms with E-state index in [-0.39, 0.29) is 11.5 Å². The van der Waals surface area contributed by atoms with Gasteiger partial charge in [-0.2, -0.15) is 4.37 Å². The number of pyridine rings is 1. The first-order valence-electron chi connectivity index (χ1n) is 6.55. The third-order valence-electron chi connectivity index (χ3n) is 2.89. The highest BCUT2D eigenvalue weighted by atomic mass is 32.1. The first kappa shape index (κ1) is 15.4. The van der Waals surface area contributed by atoms with E-state index in [2.05, 4.69) is 9.69 Å². The van der Waals surface area contributed by atoms with Crippen LogP contribution in [-0.2, 0) is 6.54 Å². The Labute approximate surface area is 127 Å². The van der Waals surface area contributed by atoms with Crippen LogP contribution in [0.2, 0.25) is 0 Å². The maximum Gasteiger partial charge on any atom is 0.275 e. The van der Waals surface area contributed by atoms with Gasteiger partial charge in [-0.25, -0.2) is 0 Å². The van der Waals surface area contributed by atoms with Crippen LogP contribution in [0.15, 0.2) is 29.2 Å². The number of hydrogen-bond acceptors (Lipinski definition) is 5. The lowest BCUT2D eigenvalue weighted by molar-refractivity contribution is 0.102. The number of aromatic nitrogens is 2. The fourth-order valence-corrected chi connectivity index (χ4v) is 2.30. The molecule has 0 radical (unpaired) electrons. The summed E-state index contributed by atoms with van der Waals surface area (Å²) in [6.45, 7) is 3.23. The molecule has 0 saturated carbocycles. The summed E-state index contributed by atoms with van der Waals surface area (Å²) in [6.07, 6.45) is 1.66. The van der Waals surface area contributed by atoms with Gasteiger partial charge in [0.25, 0.3) is 11.5 Å². The molecule has 2 aromatic rings.